The second-order valence-electron chi connectivity index (χ2n) is 9.66. The van der Waals surface area contributed by atoms with Gasteiger partial charge in [0, 0.05) is 24.3 Å². The molecule has 0 radical (unpaired) electrons. The van der Waals surface area contributed by atoms with Crippen molar-refractivity contribution in [3.8, 4) is 11.1 Å². The van der Waals surface area contributed by atoms with Gasteiger partial charge < -0.3 is 36.4 Å². The number of esters is 1. The molecule has 0 saturated carbocycles. The van der Waals surface area contributed by atoms with Gasteiger partial charge in [-0.05, 0) is 41.5 Å². The molecule has 0 fully saturated rings. The Balaban J connectivity index is 1.32. The number of hydrogen-bond acceptors (Lipinski definition) is 9. The fourth-order valence-corrected chi connectivity index (χ4v) is 4.74. The highest BCUT2D eigenvalue weighted by atomic mass is 35.5. The zero-order valence-corrected chi connectivity index (χ0v) is 25.0. The molecule has 1 heterocycles. The second kappa shape index (κ2) is 15.2. The lowest BCUT2D eigenvalue weighted by molar-refractivity contribution is -0.148. The number of aliphatic imine (C=N–C) groups is 1. The molecule has 2 atom stereocenters. The van der Waals surface area contributed by atoms with Crippen LogP contribution >= 0.6 is 23.2 Å². The van der Waals surface area contributed by atoms with E-state index in [-0.39, 0.29) is 27.8 Å². The van der Waals surface area contributed by atoms with Gasteiger partial charge in [-0.2, -0.15) is 0 Å². The summed E-state index contributed by atoms with van der Waals surface area (Å²) in [7, 11) is 1.11. The van der Waals surface area contributed by atoms with Crippen LogP contribution in [0.2, 0.25) is 10.0 Å². The number of methoxy groups -OCH3 is 1. The Morgan fingerprint density at radius 1 is 1.00 bits per heavy atom. The Morgan fingerprint density at radius 3 is 2.39 bits per heavy atom. The van der Waals surface area contributed by atoms with Crippen molar-refractivity contribution in [2.24, 2.45) is 10.9 Å². The molecule has 12 nitrogen and oxygen atoms in total. The van der Waals surface area contributed by atoms with E-state index in [1.807, 2.05) is 30.3 Å². The molecule has 4 rings (SSSR count). The number of carbonyl (C=O) groups excluding carboxylic acids is 4. The largest absolute Gasteiger partial charge is 0.468 e. The van der Waals surface area contributed by atoms with Gasteiger partial charge in [0.1, 0.15) is 0 Å². The second-order valence-corrected chi connectivity index (χ2v) is 10.5. The lowest BCUT2D eigenvalue weighted by Gasteiger charge is -2.20. The van der Waals surface area contributed by atoms with Crippen LogP contribution < -0.4 is 26.6 Å². The first-order chi connectivity index (χ1) is 21.1. The quantitative estimate of drug-likeness (QED) is 0.145. The summed E-state index contributed by atoms with van der Waals surface area (Å²) in [5.41, 5.74) is 2.56. The molecule has 44 heavy (non-hydrogen) atoms. The van der Waals surface area contributed by atoms with E-state index in [0.717, 1.165) is 18.2 Å². The molecule has 0 spiro atoms. The molecule has 6 N–H and O–H groups in total. The number of aliphatic hydroxyl groups is 1. The minimum absolute atomic E-state index is 0.103. The normalized spacial score (nSPS) is 14.7. The van der Waals surface area contributed by atoms with Gasteiger partial charge >= 0.3 is 5.97 Å². The molecule has 3 aromatic carbocycles. The van der Waals surface area contributed by atoms with Crippen molar-refractivity contribution in [1.29, 1.82) is 0 Å². The maximum absolute atomic E-state index is 13.0. The van der Waals surface area contributed by atoms with Crippen LogP contribution in [0.5, 0.6) is 0 Å². The topological polar surface area (TPSA) is 170 Å². The number of ether oxygens (including phenoxy) is 1. The van der Waals surface area contributed by atoms with Crippen LogP contribution in [0, 0.1) is 5.92 Å². The van der Waals surface area contributed by atoms with Crippen LogP contribution in [-0.4, -0.2) is 74.1 Å². The number of amides is 3. The van der Waals surface area contributed by atoms with Crippen molar-refractivity contribution >= 4 is 64.2 Å². The van der Waals surface area contributed by atoms with Gasteiger partial charge in [0.2, 0.25) is 11.8 Å². The summed E-state index contributed by atoms with van der Waals surface area (Å²) >= 11 is 12.8. The van der Waals surface area contributed by atoms with Gasteiger partial charge in [-0.15, -0.1) is 0 Å². The minimum Gasteiger partial charge on any atom is -0.468 e. The van der Waals surface area contributed by atoms with E-state index in [9.17, 15) is 24.3 Å². The molecule has 1 aliphatic rings. The van der Waals surface area contributed by atoms with Crippen molar-refractivity contribution in [3.05, 3.63) is 82.3 Å². The summed E-state index contributed by atoms with van der Waals surface area (Å²) in [6, 6.07) is 19.2. The monoisotopic (exact) mass is 640 g/mol. The molecule has 0 saturated heterocycles. The highest BCUT2D eigenvalue weighted by molar-refractivity contribution is 6.40. The molecule has 3 aromatic rings. The molecular formula is C30H30Cl2N6O6. The van der Waals surface area contributed by atoms with E-state index in [1.54, 1.807) is 36.4 Å². The number of nitrogens with one attached hydrogen (secondary N) is 5. The van der Waals surface area contributed by atoms with Gasteiger partial charge in [0.25, 0.3) is 5.91 Å². The lowest BCUT2D eigenvalue weighted by Crippen LogP contribution is -2.44. The summed E-state index contributed by atoms with van der Waals surface area (Å²) in [4.78, 5) is 54.8. The highest BCUT2D eigenvalue weighted by Gasteiger charge is 2.29. The fourth-order valence-electron chi connectivity index (χ4n) is 4.16. The average molecular weight is 642 g/mol. The summed E-state index contributed by atoms with van der Waals surface area (Å²) in [6.07, 6.45) is -0.560. The molecule has 230 valence electrons. The third kappa shape index (κ3) is 8.69. The van der Waals surface area contributed by atoms with Crippen molar-refractivity contribution < 1.29 is 29.0 Å². The molecule has 1 aliphatic heterocycles. The highest BCUT2D eigenvalue weighted by Crippen LogP contribution is 2.36. The van der Waals surface area contributed by atoms with Crippen molar-refractivity contribution in [1.82, 2.24) is 16.0 Å². The lowest BCUT2D eigenvalue weighted by atomic mass is 10.0. The summed E-state index contributed by atoms with van der Waals surface area (Å²) in [5, 5.41) is 23.3. The van der Waals surface area contributed by atoms with E-state index >= 15 is 0 Å². The van der Waals surface area contributed by atoms with E-state index in [0.29, 0.717) is 18.2 Å². The van der Waals surface area contributed by atoms with Crippen molar-refractivity contribution in [3.63, 3.8) is 0 Å². The molecule has 3 amide bonds. The Hall–Kier alpha value is -4.65. The minimum atomic E-state index is -1.43. The van der Waals surface area contributed by atoms with Gasteiger partial charge in [0.15, 0.2) is 11.9 Å². The first-order valence-electron chi connectivity index (χ1n) is 13.5. The number of aliphatic hydroxyl groups excluding tert-OH is 1. The van der Waals surface area contributed by atoms with E-state index in [2.05, 4.69) is 31.6 Å². The Kier molecular flexibility index (Phi) is 11.1. The van der Waals surface area contributed by atoms with Crippen LogP contribution in [0.25, 0.3) is 11.1 Å². The SMILES string of the molecule is COC(=O)[C@@H](CNC(=O)CNC(=O)c1cccc(NC2=NC[C@@H](O)CN2)c1)C(=O)Nc1c(Cl)cc(-c2ccccc2)cc1Cl. The van der Waals surface area contributed by atoms with Crippen LogP contribution in [0.4, 0.5) is 11.4 Å². The van der Waals surface area contributed by atoms with Gasteiger partial charge in [-0.1, -0.05) is 59.6 Å². The number of β-amino-alcohol motifs (C(OH)–C–C–N with tert-alkyl or cyclic N) is 1. The number of nitrogens with zero attached hydrogens (tertiary/aromatic N) is 1. The van der Waals surface area contributed by atoms with E-state index in [1.165, 1.54) is 0 Å². The summed E-state index contributed by atoms with van der Waals surface area (Å²) < 4.78 is 4.75. The van der Waals surface area contributed by atoms with E-state index in [4.69, 9.17) is 27.9 Å². The first-order valence-corrected chi connectivity index (χ1v) is 14.2. The summed E-state index contributed by atoms with van der Waals surface area (Å²) in [5.74, 6) is -3.82. The molecule has 0 unspecified atom stereocenters. The number of benzene rings is 3. The standard InChI is InChI=1S/C30H30Cl2N6O6/c1-44-29(43)22(28(42)38-26-23(31)11-19(12-24(26)32)17-6-3-2-4-7-17)15-33-25(40)16-34-27(41)18-8-5-9-20(10-18)37-30-35-13-21(39)14-36-30/h2-12,21-22,39H,13-16H2,1H3,(H,33,40)(H,34,41)(H,38,42)(H2,35,36,37)/t22-/m0/s1. The Labute approximate surface area is 263 Å². The van der Waals surface area contributed by atoms with Gasteiger partial charge in [-0.25, -0.2) is 0 Å². The first kappa shape index (κ1) is 32.3. The third-order valence-corrected chi connectivity index (χ3v) is 7.06. The summed E-state index contributed by atoms with van der Waals surface area (Å²) in [6.45, 7) is -0.222. The maximum atomic E-state index is 13.0. The molecule has 0 aromatic heterocycles. The fraction of sp³-hybridized carbons (Fsp3) is 0.233. The number of halogens is 2. The van der Waals surface area contributed by atoms with Gasteiger partial charge in [0.05, 0.1) is 42.0 Å². The predicted octanol–water partition coefficient (Wildman–Crippen LogP) is 2.67. The Morgan fingerprint density at radius 2 is 1.73 bits per heavy atom. The molecule has 0 bridgehead atoms. The van der Waals surface area contributed by atoms with Gasteiger partial charge in [-0.3, -0.25) is 24.2 Å². The number of guanidine groups is 1. The smallest absolute Gasteiger partial charge is 0.320 e. The number of carbonyl (C=O) groups is 4. The zero-order chi connectivity index (χ0) is 31.6. The zero-order valence-electron chi connectivity index (χ0n) is 23.5. The van der Waals surface area contributed by atoms with Crippen molar-refractivity contribution in [2.75, 3.05) is 43.9 Å². The van der Waals surface area contributed by atoms with Crippen molar-refractivity contribution in [2.45, 2.75) is 6.10 Å². The Bertz CT molecular complexity index is 1550. The maximum Gasteiger partial charge on any atom is 0.320 e. The predicted molar refractivity (Wildman–Crippen MR) is 168 cm³/mol. The van der Waals surface area contributed by atoms with Crippen LogP contribution in [-0.2, 0) is 19.1 Å². The van der Waals surface area contributed by atoms with Crippen LogP contribution in [0.3, 0.4) is 0 Å². The third-order valence-electron chi connectivity index (χ3n) is 6.47. The van der Waals surface area contributed by atoms with Crippen LogP contribution in [0.1, 0.15) is 10.4 Å². The molecular weight excluding hydrogens is 611 g/mol. The molecule has 14 heteroatoms. The number of anilines is 2. The molecule has 0 aliphatic carbocycles. The number of rotatable bonds is 10. The van der Waals surface area contributed by atoms with E-state index < -0.39 is 48.8 Å². The van der Waals surface area contributed by atoms with Crippen LogP contribution in [0.15, 0.2) is 71.7 Å². The average Bonchev–Trinajstić information content (AvgIpc) is 3.03. The number of hydrogen-bond donors (Lipinski definition) is 6.